The molecule has 1 aliphatic carbocycles. The van der Waals surface area contributed by atoms with Crippen molar-refractivity contribution in [2.75, 3.05) is 6.61 Å². The number of carbonyl (C=O) groups is 2. The van der Waals surface area contributed by atoms with Gasteiger partial charge in [-0.05, 0) is 74.3 Å². The van der Waals surface area contributed by atoms with Crippen LogP contribution in [0.15, 0.2) is 36.4 Å². The fourth-order valence-corrected chi connectivity index (χ4v) is 5.62. The zero-order valence-electron chi connectivity index (χ0n) is 26.4. The number of carbonyl (C=O) groups excluding carboxylic acids is 2. The highest BCUT2D eigenvalue weighted by Gasteiger charge is 2.28. The molecule has 44 heavy (non-hydrogen) atoms. The van der Waals surface area contributed by atoms with Crippen LogP contribution in [0.5, 0.6) is 11.5 Å². The molecule has 0 unspecified atom stereocenters. The van der Waals surface area contributed by atoms with Crippen LogP contribution in [0.3, 0.4) is 0 Å². The van der Waals surface area contributed by atoms with Gasteiger partial charge in [-0.1, -0.05) is 90.2 Å². The number of unbranched alkanes of at least 4 members (excludes halogenated alkanes) is 9. The standard InChI is InChI=1S/C36H49F3O5/c1-3-5-7-8-9-10-11-12-13-25-42-32-24-23-30(33(38)34(32)39)35(40)43-28-19-15-26(16-20-28)27-17-21-29(22-18-27)44-36(41)31(37)14-6-4-2/h15-16,19-20,23-24,27,29,31H,3-14,17-18,21-22,25H2,1-2H3/t27-,29-,31-/m0/s1. The van der Waals surface area contributed by atoms with Crippen molar-refractivity contribution < 1.29 is 37.0 Å². The fraction of sp³-hybridized carbons (Fsp3) is 0.611. The lowest BCUT2D eigenvalue weighted by Gasteiger charge is -2.29. The third-order valence-corrected chi connectivity index (χ3v) is 8.36. The summed E-state index contributed by atoms with van der Waals surface area (Å²) in [6.45, 7) is 4.43. The lowest BCUT2D eigenvalue weighted by molar-refractivity contribution is -0.157. The lowest BCUT2D eigenvalue weighted by Crippen LogP contribution is -2.28. The largest absolute Gasteiger partial charge is 0.490 e. The Bertz CT molecular complexity index is 1150. The van der Waals surface area contributed by atoms with E-state index in [4.69, 9.17) is 14.2 Å². The maximum absolute atomic E-state index is 14.7. The van der Waals surface area contributed by atoms with E-state index in [9.17, 15) is 22.8 Å². The Morgan fingerprint density at radius 2 is 1.39 bits per heavy atom. The monoisotopic (exact) mass is 618 g/mol. The van der Waals surface area contributed by atoms with Gasteiger partial charge in [-0.25, -0.2) is 18.4 Å². The van der Waals surface area contributed by atoms with Crippen molar-refractivity contribution in [1.82, 2.24) is 0 Å². The summed E-state index contributed by atoms with van der Waals surface area (Å²) in [6.07, 6.45) is 13.0. The summed E-state index contributed by atoms with van der Waals surface area (Å²) in [5.74, 6) is -4.02. The highest BCUT2D eigenvalue weighted by molar-refractivity contribution is 5.91. The molecule has 8 heteroatoms. The van der Waals surface area contributed by atoms with Crippen molar-refractivity contribution in [2.24, 2.45) is 0 Å². The Morgan fingerprint density at radius 3 is 2.02 bits per heavy atom. The molecule has 2 aromatic rings. The van der Waals surface area contributed by atoms with Gasteiger partial charge >= 0.3 is 11.9 Å². The molecular weight excluding hydrogens is 569 g/mol. The topological polar surface area (TPSA) is 61.8 Å². The van der Waals surface area contributed by atoms with Gasteiger partial charge in [0, 0.05) is 0 Å². The number of hydrogen-bond acceptors (Lipinski definition) is 5. The van der Waals surface area contributed by atoms with Crippen LogP contribution >= 0.6 is 0 Å². The van der Waals surface area contributed by atoms with Gasteiger partial charge in [0.2, 0.25) is 5.82 Å². The number of rotatable bonds is 19. The maximum atomic E-state index is 14.7. The molecule has 1 atom stereocenters. The number of benzene rings is 2. The van der Waals surface area contributed by atoms with E-state index in [-0.39, 0.29) is 36.5 Å². The summed E-state index contributed by atoms with van der Waals surface area (Å²) in [7, 11) is 0. The van der Waals surface area contributed by atoms with Crippen LogP contribution in [0.25, 0.3) is 0 Å². The second-order valence-electron chi connectivity index (χ2n) is 11.9. The number of ether oxygens (including phenoxy) is 3. The quantitative estimate of drug-likeness (QED) is 0.0891. The summed E-state index contributed by atoms with van der Waals surface area (Å²) < 4.78 is 59.4. The summed E-state index contributed by atoms with van der Waals surface area (Å²) in [4.78, 5) is 24.6. The highest BCUT2D eigenvalue weighted by atomic mass is 19.2. The second-order valence-corrected chi connectivity index (χ2v) is 11.9. The first-order valence-electron chi connectivity index (χ1n) is 16.6. The minimum absolute atomic E-state index is 0.197. The van der Waals surface area contributed by atoms with Crippen LogP contribution in [-0.4, -0.2) is 30.8 Å². The zero-order valence-corrected chi connectivity index (χ0v) is 26.4. The molecule has 0 spiro atoms. The van der Waals surface area contributed by atoms with Crippen LogP contribution < -0.4 is 9.47 Å². The Kier molecular flexibility index (Phi) is 15.6. The van der Waals surface area contributed by atoms with E-state index in [2.05, 4.69) is 6.92 Å². The third-order valence-electron chi connectivity index (χ3n) is 8.36. The molecule has 2 aromatic carbocycles. The molecule has 0 heterocycles. The lowest BCUT2D eigenvalue weighted by atomic mass is 9.83. The highest BCUT2D eigenvalue weighted by Crippen LogP contribution is 2.35. The molecular formula is C36H49F3O5. The van der Waals surface area contributed by atoms with Gasteiger partial charge in [0.25, 0.3) is 0 Å². The Balaban J connectivity index is 1.41. The summed E-state index contributed by atoms with van der Waals surface area (Å²) in [5, 5.41) is 0. The Morgan fingerprint density at radius 1 is 0.773 bits per heavy atom. The van der Waals surface area contributed by atoms with Crippen LogP contribution in [0.4, 0.5) is 13.2 Å². The van der Waals surface area contributed by atoms with Gasteiger partial charge < -0.3 is 14.2 Å². The number of esters is 2. The van der Waals surface area contributed by atoms with E-state index in [1.165, 1.54) is 50.7 Å². The first kappa shape index (κ1) is 35.4. The maximum Gasteiger partial charge on any atom is 0.346 e. The smallest absolute Gasteiger partial charge is 0.346 e. The molecule has 3 rings (SSSR count). The van der Waals surface area contributed by atoms with Crippen LogP contribution in [0, 0.1) is 11.6 Å². The molecule has 1 saturated carbocycles. The van der Waals surface area contributed by atoms with E-state index in [0.717, 1.165) is 44.1 Å². The molecule has 0 saturated heterocycles. The molecule has 1 aliphatic rings. The fourth-order valence-electron chi connectivity index (χ4n) is 5.62. The van der Waals surface area contributed by atoms with Crippen molar-refractivity contribution in [3.05, 3.63) is 59.2 Å². The molecule has 0 aromatic heterocycles. The Hall–Kier alpha value is -3.03. The van der Waals surface area contributed by atoms with Crippen LogP contribution in [0.2, 0.25) is 0 Å². The van der Waals surface area contributed by atoms with Gasteiger partial charge in [0.1, 0.15) is 11.9 Å². The minimum atomic E-state index is -1.56. The average Bonchev–Trinajstić information content (AvgIpc) is 3.03. The molecule has 244 valence electrons. The van der Waals surface area contributed by atoms with E-state index < -0.39 is 35.3 Å². The minimum Gasteiger partial charge on any atom is -0.490 e. The van der Waals surface area contributed by atoms with Gasteiger partial charge in [0.15, 0.2) is 17.7 Å². The predicted molar refractivity (Wildman–Crippen MR) is 166 cm³/mol. The van der Waals surface area contributed by atoms with Crippen molar-refractivity contribution in [1.29, 1.82) is 0 Å². The van der Waals surface area contributed by atoms with E-state index in [0.29, 0.717) is 19.3 Å². The van der Waals surface area contributed by atoms with Crippen LogP contribution in [-0.2, 0) is 9.53 Å². The van der Waals surface area contributed by atoms with Gasteiger partial charge in [0.05, 0.1) is 12.2 Å². The summed E-state index contributed by atoms with van der Waals surface area (Å²) in [5.41, 5.74) is 0.534. The van der Waals surface area contributed by atoms with Gasteiger partial charge in [-0.2, -0.15) is 4.39 Å². The van der Waals surface area contributed by atoms with Crippen molar-refractivity contribution in [2.45, 2.75) is 135 Å². The summed E-state index contributed by atoms with van der Waals surface area (Å²) in [6, 6.07) is 9.36. The zero-order chi connectivity index (χ0) is 31.7. The normalized spacial score (nSPS) is 17.2. The molecule has 5 nitrogen and oxygen atoms in total. The van der Waals surface area contributed by atoms with E-state index >= 15 is 0 Å². The SMILES string of the molecule is CCCCCCCCCCCOc1ccc(C(=O)Oc2ccc([C@H]3CC[C@H](OC(=O)[C@@H](F)CCCC)CC3)cc2)c(F)c1F. The third kappa shape index (κ3) is 11.5. The van der Waals surface area contributed by atoms with E-state index in [1.54, 1.807) is 12.1 Å². The van der Waals surface area contributed by atoms with E-state index in [1.807, 2.05) is 19.1 Å². The van der Waals surface area contributed by atoms with Crippen molar-refractivity contribution in [3.8, 4) is 11.5 Å². The first-order chi connectivity index (χ1) is 21.3. The second kappa shape index (κ2) is 19.4. The molecule has 0 bridgehead atoms. The van der Waals surface area contributed by atoms with Gasteiger partial charge in [-0.15, -0.1) is 0 Å². The van der Waals surface area contributed by atoms with Crippen molar-refractivity contribution >= 4 is 11.9 Å². The summed E-state index contributed by atoms with van der Waals surface area (Å²) >= 11 is 0. The molecule has 1 fully saturated rings. The first-order valence-corrected chi connectivity index (χ1v) is 16.6. The van der Waals surface area contributed by atoms with Crippen LogP contribution in [0.1, 0.15) is 138 Å². The average molecular weight is 619 g/mol. The van der Waals surface area contributed by atoms with Crippen molar-refractivity contribution in [3.63, 3.8) is 0 Å². The molecule has 0 amide bonds. The van der Waals surface area contributed by atoms with Gasteiger partial charge in [-0.3, -0.25) is 0 Å². The Labute approximate surface area is 260 Å². The number of alkyl halides is 1. The molecule has 0 aliphatic heterocycles. The molecule has 0 N–H and O–H groups in total. The predicted octanol–water partition coefficient (Wildman–Crippen LogP) is 10.2. The molecule has 0 radical (unpaired) electrons. The number of halogens is 3. The number of hydrogen-bond donors (Lipinski definition) is 0.